The molecule has 0 saturated heterocycles. The van der Waals surface area contributed by atoms with Crippen LogP contribution in [0.5, 0.6) is 5.75 Å². The molecule has 2 N–H and O–H groups in total. The van der Waals surface area contributed by atoms with Crippen molar-refractivity contribution in [3.05, 3.63) is 47.5 Å². The number of ether oxygens (including phenoxy) is 1. The Bertz CT molecular complexity index is 844. The predicted octanol–water partition coefficient (Wildman–Crippen LogP) is 3.56. The minimum atomic E-state index is -0.290. The van der Waals surface area contributed by atoms with Crippen molar-refractivity contribution in [3.8, 4) is 5.75 Å². The highest BCUT2D eigenvalue weighted by atomic mass is 16.5. The summed E-state index contributed by atoms with van der Waals surface area (Å²) in [5, 5.41) is 5.73. The zero-order valence-corrected chi connectivity index (χ0v) is 14.7. The molecular weight excluding hydrogens is 330 g/mol. The van der Waals surface area contributed by atoms with Crippen LogP contribution in [-0.2, 0) is 17.6 Å². The number of nitrogens with zero attached hydrogens (tertiary/aromatic N) is 1. The highest BCUT2D eigenvalue weighted by Crippen LogP contribution is 2.37. The number of rotatable bonds is 3. The van der Waals surface area contributed by atoms with Crippen molar-refractivity contribution in [2.75, 3.05) is 29.2 Å². The van der Waals surface area contributed by atoms with Crippen molar-refractivity contribution in [1.82, 2.24) is 0 Å². The maximum absolute atomic E-state index is 12.3. The third kappa shape index (κ3) is 3.10. The standard InChI is InChI=1S/C20H21N3O3/c1-26-17-7-5-15(6-8-17)21-20(25)22-16-11-13-3-2-10-23-18(24)9-4-14(12-16)19(13)23/h5-8,11-12H,2-4,9-10H2,1H3,(H2,21,22,25). The second kappa shape index (κ2) is 6.71. The van der Waals surface area contributed by atoms with Crippen LogP contribution in [0.15, 0.2) is 36.4 Å². The lowest BCUT2D eigenvalue weighted by atomic mass is 9.91. The Kier molecular flexibility index (Phi) is 4.24. The number of carbonyl (C=O) groups is 2. The average Bonchev–Trinajstić information content (AvgIpc) is 2.65. The smallest absolute Gasteiger partial charge is 0.323 e. The molecule has 0 atom stereocenters. The zero-order chi connectivity index (χ0) is 18.1. The van der Waals surface area contributed by atoms with Gasteiger partial charge in [-0.25, -0.2) is 4.79 Å². The highest BCUT2D eigenvalue weighted by Gasteiger charge is 2.29. The molecule has 3 amide bonds. The number of carbonyl (C=O) groups excluding carboxylic acids is 2. The van der Waals surface area contributed by atoms with Crippen LogP contribution in [-0.4, -0.2) is 25.6 Å². The van der Waals surface area contributed by atoms with Crippen molar-refractivity contribution in [2.45, 2.75) is 25.7 Å². The molecule has 0 unspecified atom stereocenters. The predicted molar refractivity (Wildman–Crippen MR) is 101 cm³/mol. The Balaban J connectivity index is 1.51. The van der Waals surface area contributed by atoms with Gasteiger partial charge in [0.05, 0.1) is 12.8 Å². The number of methoxy groups -OCH3 is 1. The molecule has 0 spiro atoms. The first kappa shape index (κ1) is 16.4. The van der Waals surface area contributed by atoms with Gasteiger partial charge in [-0.15, -0.1) is 0 Å². The molecule has 2 aromatic rings. The maximum atomic E-state index is 12.3. The quantitative estimate of drug-likeness (QED) is 0.888. The summed E-state index contributed by atoms with van der Waals surface area (Å²) in [6, 6.07) is 10.8. The van der Waals surface area contributed by atoms with Crippen molar-refractivity contribution >= 4 is 29.0 Å². The largest absolute Gasteiger partial charge is 0.497 e. The monoisotopic (exact) mass is 351 g/mol. The third-order valence-electron chi connectivity index (χ3n) is 4.88. The van der Waals surface area contributed by atoms with Gasteiger partial charge >= 0.3 is 6.03 Å². The van der Waals surface area contributed by atoms with E-state index in [0.717, 1.165) is 54.1 Å². The molecule has 6 nitrogen and oxygen atoms in total. The van der Waals surface area contributed by atoms with E-state index in [1.165, 1.54) is 0 Å². The van der Waals surface area contributed by atoms with E-state index in [1.54, 1.807) is 31.4 Å². The van der Waals surface area contributed by atoms with E-state index >= 15 is 0 Å². The number of hydrogen-bond donors (Lipinski definition) is 2. The van der Waals surface area contributed by atoms with Gasteiger partial charge in [-0.3, -0.25) is 4.79 Å². The number of hydrogen-bond acceptors (Lipinski definition) is 3. The van der Waals surface area contributed by atoms with Crippen molar-refractivity contribution < 1.29 is 14.3 Å². The summed E-state index contributed by atoms with van der Waals surface area (Å²) in [7, 11) is 1.60. The summed E-state index contributed by atoms with van der Waals surface area (Å²) >= 11 is 0. The van der Waals surface area contributed by atoms with Crippen LogP contribution < -0.4 is 20.3 Å². The normalized spacial score (nSPS) is 15.3. The molecule has 2 aliphatic rings. The molecule has 0 aliphatic carbocycles. The number of urea groups is 1. The molecule has 0 bridgehead atoms. The average molecular weight is 351 g/mol. The maximum Gasteiger partial charge on any atom is 0.323 e. The molecule has 4 rings (SSSR count). The van der Waals surface area contributed by atoms with Crippen molar-refractivity contribution in [3.63, 3.8) is 0 Å². The molecule has 0 saturated carbocycles. The van der Waals surface area contributed by atoms with E-state index in [4.69, 9.17) is 4.74 Å². The van der Waals surface area contributed by atoms with E-state index in [9.17, 15) is 9.59 Å². The summed E-state index contributed by atoms with van der Waals surface area (Å²) in [5.74, 6) is 0.945. The van der Waals surface area contributed by atoms with Crippen LogP contribution >= 0.6 is 0 Å². The van der Waals surface area contributed by atoms with Gasteiger partial charge in [0, 0.05) is 24.3 Å². The summed E-state index contributed by atoms with van der Waals surface area (Å²) in [6.45, 7) is 0.795. The van der Waals surface area contributed by atoms with E-state index in [1.807, 2.05) is 17.0 Å². The molecule has 0 fully saturated rings. The fraction of sp³-hybridized carbons (Fsp3) is 0.300. The van der Waals surface area contributed by atoms with Gasteiger partial charge < -0.3 is 20.3 Å². The number of amides is 3. The fourth-order valence-corrected chi connectivity index (χ4v) is 3.69. The second-order valence-corrected chi connectivity index (χ2v) is 6.60. The number of benzene rings is 2. The van der Waals surface area contributed by atoms with Crippen LogP contribution in [0.3, 0.4) is 0 Å². The second-order valence-electron chi connectivity index (χ2n) is 6.60. The van der Waals surface area contributed by atoms with Crippen LogP contribution in [0.2, 0.25) is 0 Å². The number of anilines is 3. The summed E-state index contributed by atoms with van der Waals surface area (Å²) < 4.78 is 5.11. The van der Waals surface area contributed by atoms with Gasteiger partial charge in [-0.1, -0.05) is 0 Å². The SMILES string of the molecule is COc1ccc(NC(=O)Nc2cc3c4c(c2)CCC(=O)N4CCC3)cc1. The van der Waals surface area contributed by atoms with E-state index < -0.39 is 0 Å². The first-order valence-corrected chi connectivity index (χ1v) is 8.82. The summed E-state index contributed by atoms with van der Waals surface area (Å²) in [4.78, 5) is 26.3. The number of aryl methyl sites for hydroxylation is 2. The van der Waals surface area contributed by atoms with Gasteiger partial charge in [-0.2, -0.15) is 0 Å². The Hall–Kier alpha value is -3.02. The van der Waals surface area contributed by atoms with Crippen molar-refractivity contribution in [1.29, 1.82) is 0 Å². The van der Waals surface area contributed by atoms with Gasteiger partial charge in [0.25, 0.3) is 0 Å². The Labute approximate surface area is 152 Å². The van der Waals surface area contributed by atoms with Gasteiger partial charge in [0.1, 0.15) is 5.75 Å². The molecule has 26 heavy (non-hydrogen) atoms. The zero-order valence-electron chi connectivity index (χ0n) is 14.7. The molecule has 6 heteroatoms. The van der Waals surface area contributed by atoms with Crippen LogP contribution in [0.4, 0.5) is 21.9 Å². The fourth-order valence-electron chi connectivity index (χ4n) is 3.69. The Morgan fingerprint density at radius 2 is 1.69 bits per heavy atom. The minimum Gasteiger partial charge on any atom is -0.497 e. The van der Waals surface area contributed by atoms with Crippen LogP contribution in [0.25, 0.3) is 0 Å². The van der Waals surface area contributed by atoms with Crippen LogP contribution in [0.1, 0.15) is 24.0 Å². The molecule has 0 aromatic heterocycles. The number of nitrogens with one attached hydrogen (secondary N) is 2. The minimum absolute atomic E-state index is 0.205. The highest BCUT2D eigenvalue weighted by molar-refractivity contribution is 6.01. The first-order valence-electron chi connectivity index (χ1n) is 8.82. The molecule has 0 radical (unpaired) electrons. The first-order chi connectivity index (χ1) is 12.6. The van der Waals surface area contributed by atoms with Crippen LogP contribution in [0, 0.1) is 0 Å². The lowest BCUT2D eigenvalue weighted by Gasteiger charge is -2.35. The molecule has 134 valence electrons. The van der Waals surface area contributed by atoms with Gasteiger partial charge in [-0.05, 0) is 66.8 Å². The van der Waals surface area contributed by atoms with Gasteiger partial charge in [0.15, 0.2) is 0 Å². The lowest BCUT2D eigenvalue weighted by molar-refractivity contribution is -0.119. The Morgan fingerprint density at radius 3 is 2.42 bits per heavy atom. The third-order valence-corrected chi connectivity index (χ3v) is 4.88. The van der Waals surface area contributed by atoms with Gasteiger partial charge in [0.2, 0.25) is 5.91 Å². The van der Waals surface area contributed by atoms with E-state index in [0.29, 0.717) is 12.1 Å². The Morgan fingerprint density at radius 1 is 1.00 bits per heavy atom. The van der Waals surface area contributed by atoms with E-state index in [-0.39, 0.29) is 11.9 Å². The summed E-state index contributed by atoms with van der Waals surface area (Å²) in [5.41, 5.74) is 4.80. The molecule has 2 heterocycles. The van der Waals surface area contributed by atoms with Crippen molar-refractivity contribution in [2.24, 2.45) is 0 Å². The molecular formula is C20H21N3O3. The summed E-state index contributed by atoms with van der Waals surface area (Å²) in [6.07, 6.45) is 3.16. The molecule has 2 aromatic carbocycles. The molecule has 2 aliphatic heterocycles. The topological polar surface area (TPSA) is 70.7 Å². The van der Waals surface area contributed by atoms with E-state index in [2.05, 4.69) is 10.6 Å². The lowest BCUT2D eigenvalue weighted by Crippen LogP contribution is -2.39.